The van der Waals surface area contributed by atoms with E-state index in [-0.39, 0.29) is 5.56 Å². The van der Waals surface area contributed by atoms with Crippen LogP contribution in [0, 0.1) is 0 Å². The van der Waals surface area contributed by atoms with Gasteiger partial charge in [-0.05, 0) is 43.3 Å². The minimum Gasteiger partial charge on any atom is -0.497 e. The van der Waals surface area contributed by atoms with Gasteiger partial charge in [0.05, 0.1) is 19.0 Å². The van der Waals surface area contributed by atoms with E-state index in [0.717, 1.165) is 29.7 Å². The molecule has 0 fully saturated rings. The van der Waals surface area contributed by atoms with Gasteiger partial charge < -0.3 is 19.9 Å². The van der Waals surface area contributed by atoms with Gasteiger partial charge in [0.25, 0.3) is 5.56 Å². The van der Waals surface area contributed by atoms with E-state index in [4.69, 9.17) is 9.26 Å². The molecule has 0 radical (unpaired) electrons. The second-order valence-electron chi connectivity index (χ2n) is 6.64. The van der Waals surface area contributed by atoms with Crippen LogP contribution in [-0.2, 0) is 6.54 Å². The Balaban J connectivity index is 1.23. The van der Waals surface area contributed by atoms with Crippen molar-refractivity contribution in [3.05, 3.63) is 64.8 Å². The predicted octanol–water partition coefficient (Wildman–Crippen LogP) is 2.57. The molecule has 0 aliphatic carbocycles. The summed E-state index contributed by atoms with van der Waals surface area (Å²) in [5.41, 5.74) is 0.682. The molecule has 9 nitrogen and oxygen atoms in total. The molecule has 2 aromatic carbocycles. The molecule has 0 atom stereocenters. The Morgan fingerprint density at radius 2 is 1.87 bits per heavy atom. The van der Waals surface area contributed by atoms with Crippen LogP contribution < -0.4 is 20.9 Å². The lowest BCUT2D eigenvalue weighted by atomic mass is 10.2. The van der Waals surface area contributed by atoms with Gasteiger partial charge in [0.15, 0.2) is 5.82 Å². The van der Waals surface area contributed by atoms with Gasteiger partial charge in [-0.25, -0.2) is 5.10 Å². The number of anilines is 1. The quantitative estimate of drug-likeness (QED) is 0.363. The average Bonchev–Trinajstić information content (AvgIpc) is 3.27. The summed E-state index contributed by atoms with van der Waals surface area (Å²) < 4.78 is 10.4. The number of fused-ring (bicyclic) bond motifs is 1. The van der Waals surface area contributed by atoms with E-state index in [9.17, 15) is 4.79 Å². The van der Waals surface area contributed by atoms with Crippen LogP contribution in [0.25, 0.3) is 22.2 Å². The third kappa shape index (κ3) is 4.47. The van der Waals surface area contributed by atoms with Crippen LogP contribution in [0.3, 0.4) is 0 Å². The first-order chi connectivity index (χ1) is 14.7. The van der Waals surface area contributed by atoms with Crippen LogP contribution in [0.1, 0.15) is 12.3 Å². The Morgan fingerprint density at radius 1 is 1.07 bits per heavy atom. The largest absolute Gasteiger partial charge is 0.497 e. The van der Waals surface area contributed by atoms with Crippen molar-refractivity contribution in [1.29, 1.82) is 0 Å². The standard InChI is InChI=1S/C21H22N6O3/c1-29-15-9-7-14(8-10-15)19-24-18(30-27-19)13-22-11-4-12-23-20-16-5-2-3-6-17(16)21(28)26-25-20/h2-3,5-10,22H,4,11-13H2,1H3,(H,23,25)(H,26,28). The Morgan fingerprint density at radius 3 is 2.67 bits per heavy atom. The first kappa shape index (κ1) is 19.6. The Bertz CT molecular complexity index is 1170. The maximum absolute atomic E-state index is 11.8. The number of methoxy groups -OCH3 is 1. The van der Waals surface area contributed by atoms with Gasteiger partial charge in [-0.1, -0.05) is 23.4 Å². The summed E-state index contributed by atoms with van der Waals surface area (Å²) in [5, 5.41) is 18.6. The van der Waals surface area contributed by atoms with Crippen molar-refractivity contribution >= 4 is 16.6 Å². The number of aromatic amines is 1. The highest BCUT2D eigenvalue weighted by atomic mass is 16.5. The lowest BCUT2D eigenvalue weighted by Gasteiger charge is -2.08. The molecule has 2 aromatic heterocycles. The molecular formula is C21H22N6O3. The van der Waals surface area contributed by atoms with Crippen LogP contribution in [0.2, 0.25) is 0 Å². The fourth-order valence-corrected chi connectivity index (χ4v) is 3.05. The summed E-state index contributed by atoms with van der Waals surface area (Å²) in [5.74, 6) is 2.53. The summed E-state index contributed by atoms with van der Waals surface area (Å²) in [6.45, 7) is 1.95. The van der Waals surface area contributed by atoms with Crippen molar-refractivity contribution in [2.24, 2.45) is 0 Å². The van der Waals surface area contributed by atoms with Crippen LogP contribution in [-0.4, -0.2) is 40.5 Å². The van der Waals surface area contributed by atoms with Crippen molar-refractivity contribution in [3.8, 4) is 17.1 Å². The molecule has 154 valence electrons. The van der Waals surface area contributed by atoms with Gasteiger partial charge in [0, 0.05) is 17.5 Å². The van der Waals surface area contributed by atoms with Crippen molar-refractivity contribution in [2.45, 2.75) is 13.0 Å². The number of hydrogen-bond acceptors (Lipinski definition) is 8. The smallest absolute Gasteiger partial charge is 0.272 e. The van der Waals surface area contributed by atoms with Gasteiger partial charge >= 0.3 is 0 Å². The molecule has 2 heterocycles. The molecular weight excluding hydrogens is 384 g/mol. The number of rotatable bonds is 9. The Labute approximate surface area is 172 Å². The molecule has 0 aliphatic heterocycles. The highest BCUT2D eigenvalue weighted by molar-refractivity contribution is 5.90. The zero-order valence-electron chi connectivity index (χ0n) is 16.5. The summed E-state index contributed by atoms with van der Waals surface area (Å²) >= 11 is 0. The first-order valence-corrected chi connectivity index (χ1v) is 9.63. The summed E-state index contributed by atoms with van der Waals surface area (Å²) in [4.78, 5) is 16.2. The zero-order chi connectivity index (χ0) is 20.8. The highest BCUT2D eigenvalue weighted by Crippen LogP contribution is 2.19. The summed E-state index contributed by atoms with van der Waals surface area (Å²) in [6.07, 6.45) is 0.856. The minimum absolute atomic E-state index is 0.189. The van der Waals surface area contributed by atoms with Gasteiger partial charge in [-0.3, -0.25) is 4.79 Å². The Hall–Kier alpha value is -3.72. The van der Waals surface area contributed by atoms with E-state index in [2.05, 4.69) is 31.0 Å². The maximum atomic E-state index is 11.8. The van der Waals surface area contributed by atoms with E-state index >= 15 is 0 Å². The average molecular weight is 406 g/mol. The highest BCUT2D eigenvalue weighted by Gasteiger charge is 2.09. The number of benzene rings is 2. The molecule has 0 saturated carbocycles. The van der Waals surface area contributed by atoms with Crippen LogP contribution in [0.15, 0.2) is 57.8 Å². The Kier molecular flexibility index (Phi) is 6.00. The number of nitrogens with one attached hydrogen (secondary N) is 3. The fourth-order valence-electron chi connectivity index (χ4n) is 3.05. The maximum Gasteiger partial charge on any atom is 0.272 e. The van der Waals surface area contributed by atoms with Crippen molar-refractivity contribution in [1.82, 2.24) is 25.7 Å². The van der Waals surface area contributed by atoms with Crippen LogP contribution >= 0.6 is 0 Å². The van der Waals surface area contributed by atoms with Crippen LogP contribution in [0.5, 0.6) is 5.75 Å². The molecule has 0 saturated heterocycles. The number of hydrogen-bond donors (Lipinski definition) is 3. The van der Waals surface area contributed by atoms with Gasteiger partial charge in [-0.2, -0.15) is 10.1 Å². The minimum atomic E-state index is -0.189. The predicted molar refractivity (Wildman–Crippen MR) is 113 cm³/mol. The van der Waals surface area contributed by atoms with Gasteiger partial charge in [0.2, 0.25) is 11.7 Å². The van der Waals surface area contributed by atoms with Gasteiger partial charge in [0.1, 0.15) is 5.75 Å². The van der Waals surface area contributed by atoms with E-state index in [1.54, 1.807) is 13.2 Å². The number of H-pyrrole nitrogens is 1. The third-order valence-corrected chi connectivity index (χ3v) is 4.61. The molecule has 0 amide bonds. The molecule has 0 spiro atoms. The second kappa shape index (κ2) is 9.19. The normalized spacial score (nSPS) is 11.0. The van der Waals surface area contributed by atoms with Crippen LogP contribution in [0.4, 0.5) is 5.82 Å². The first-order valence-electron chi connectivity index (χ1n) is 9.63. The van der Waals surface area contributed by atoms with E-state index in [1.165, 1.54) is 0 Å². The van der Waals surface area contributed by atoms with E-state index < -0.39 is 0 Å². The molecule has 4 aromatic rings. The fraction of sp³-hybridized carbons (Fsp3) is 0.238. The molecule has 3 N–H and O–H groups in total. The zero-order valence-corrected chi connectivity index (χ0v) is 16.5. The summed E-state index contributed by atoms with van der Waals surface area (Å²) in [7, 11) is 1.63. The van der Waals surface area contributed by atoms with Gasteiger partial charge in [-0.15, -0.1) is 0 Å². The number of ether oxygens (including phenoxy) is 1. The SMILES string of the molecule is COc1ccc(-c2noc(CNCCCNc3n[nH]c(=O)c4ccccc34)n2)cc1. The monoisotopic (exact) mass is 406 g/mol. The van der Waals surface area contributed by atoms with E-state index in [1.807, 2.05) is 42.5 Å². The summed E-state index contributed by atoms with van der Waals surface area (Å²) in [6, 6.07) is 14.9. The second-order valence-corrected chi connectivity index (χ2v) is 6.64. The molecule has 0 unspecified atom stereocenters. The molecule has 0 aliphatic rings. The lowest BCUT2D eigenvalue weighted by molar-refractivity contribution is 0.368. The lowest BCUT2D eigenvalue weighted by Crippen LogP contribution is -2.19. The topological polar surface area (TPSA) is 118 Å². The van der Waals surface area contributed by atoms with Crippen molar-refractivity contribution in [3.63, 3.8) is 0 Å². The third-order valence-electron chi connectivity index (χ3n) is 4.61. The molecule has 4 rings (SSSR count). The molecule has 30 heavy (non-hydrogen) atoms. The molecule has 9 heteroatoms. The number of nitrogens with zero attached hydrogens (tertiary/aromatic N) is 3. The van der Waals surface area contributed by atoms with Crippen molar-refractivity contribution in [2.75, 3.05) is 25.5 Å². The number of aromatic nitrogens is 4. The van der Waals surface area contributed by atoms with E-state index in [0.29, 0.717) is 36.0 Å². The molecule has 0 bridgehead atoms. The van der Waals surface area contributed by atoms with Crippen molar-refractivity contribution < 1.29 is 9.26 Å².